The van der Waals surface area contributed by atoms with E-state index in [1.54, 1.807) is 6.92 Å². The van der Waals surface area contributed by atoms with Gasteiger partial charge in [0.1, 0.15) is 6.04 Å². The standard InChI is InChI=1S/C12H21NO3/c1-9(11(15)16)13-6-10(7-14)12(8-13)4-2-3-5-12/h9-10,14H,2-8H2,1H3,(H,15,16)/t9-,10+/m0/s1. The normalized spacial score (nSPS) is 31.0. The zero-order valence-electron chi connectivity index (χ0n) is 9.85. The number of carboxylic acids is 1. The molecule has 0 bridgehead atoms. The van der Waals surface area contributed by atoms with Crippen molar-refractivity contribution in [2.45, 2.75) is 38.6 Å². The van der Waals surface area contributed by atoms with Crippen LogP contribution in [0.5, 0.6) is 0 Å². The van der Waals surface area contributed by atoms with E-state index in [4.69, 9.17) is 5.11 Å². The Balaban J connectivity index is 2.09. The first-order chi connectivity index (χ1) is 7.59. The summed E-state index contributed by atoms with van der Waals surface area (Å²) in [4.78, 5) is 13.0. The van der Waals surface area contributed by atoms with Crippen LogP contribution in [-0.4, -0.2) is 46.8 Å². The monoisotopic (exact) mass is 227 g/mol. The van der Waals surface area contributed by atoms with Crippen molar-refractivity contribution in [3.63, 3.8) is 0 Å². The summed E-state index contributed by atoms with van der Waals surface area (Å²) in [5.74, 6) is -0.483. The van der Waals surface area contributed by atoms with Gasteiger partial charge in [0.15, 0.2) is 0 Å². The van der Waals surface area contributed by atoms with Gasteiger partial charge in [0.2, 0.25) is 0 Å². The van der Waals surface area contributed by atoms with Crippen molar-refractivity contribution in [2.75, 3.05) is 19.7 Å². The van der Waals surface area contributed by atoms with E-state index in [9.17, 15) is 9.90 Å². The third-order valence-corrected chi connectivity index (χ3v) is 4.56. The Morgan fingerprint density at radius 1 is 1.50 bits per heavy atom. The molecule has 16 heavy (non-hydrogen) atoms. The van der Waals surface area contributed by atoms with Gasteiger partial charge in [-0.25, -0.2) is 0 Å². The van der Waals surface area contributed by atoms with Crippen LogP contribution in [0.2, 0.25) is 0 Å². The molecular formula is C12H21NO3. The second-order valence-electron chi connectivity index (χ2n) is 5.39. The number of rotatable bonds is 3. The Bertz CT molecular complexity index is 273. The number of likely N-dealkylation sites (tertiary alicyclic amines) is 1. The maximum Gasteiger partial charge on any atom is 0.320 e. The van der Waals surface area contributed by atoms with Gasteiger partial charge in [-0.3, -0.25) is 9.69 Å². The topological polar surface area (TPSA) is 60.8 Å². The molecule has 0 unspecified atom stereocenters. The number of aliphatic carboxylic acids is 1. The zero-order chi connectivity index (χ0) is 11.8. The van der Waals surface area contributed by atoms with Crippen LogP contribution in [0.15, 0.2) is 0 Å². The number of carbonyl (C=O) groups is 1. The predicted octanol–water partition coefficient (Wildman–Crippen LogP) is 0.944. The van der Waals surface area contributed by atoms with E-state index < -0.39 is 12.0 Å². The summed E-state index contributed by atoms with van der Waals surface area (Å²) in [6.45, 7) is 3.53. The minimum atomic E-state index is -0.758. The Labute approximate surface area is 96.3 Å². The van der Waals surface area contributed by atoms with Crippen LogP contribution in [0.4, 0.5) is 0 Å². The molecule has 1 saturated heterocycles. The SMILES string of the molecule is C[C@@H](C(=O)O)N1C[C@H](CO)C2(CCCC2)C1. The van der Waals surface area contributed by atoms with Crippen molar-refractivity contribution in [2.24, 2.45) is 11.3 Å². The molecule has 2 aliphatic rings. The van der Waals surface area contributed by atoms with Crippen LogP contribution in [0.3, 0.4) is 0 Å². The average Bonchev–Trinajstić information content (AvgIpc) is 2.86. The summed E-state index contributed by atoms with van der Waals surface area (Å²) in [7, 11) is 0. The molecule has 4 nitrogen and oxygen atoms in total. The quantitative estimate of drug-likeness (QED) is 0.753. The fourth-order valence-electron chi connectivity index (χ4n) is 3.42. The van der Waals surface area contributed by atoms with Crippen molar-refractivity contribution in [1.82, 2.24) is 4.90 Å². The molecule has 1 spiro atoms. The highest BCUT2D eigenvalue weighted by atomic mass is 16.4. The molecule has 1 saturated carbocycles. The van der Waals surface area contributed by atoms with Gasteiger partial charge in [-0.1, -0.05) is 12.8 Å². The largest absolute Gasteiger partial charge is 0.480 e. The second kappa shape index (κ2) is 4.34. The number of nitrogens with zero attached hydrogens (tertiary/aromatic N) is 1. The summed E-state index contributed by atoms with van der Waals surface area (Å²) in [5.41, 5.74) is 0.207. The van der Waals surface area contributed by atoms with Crippen molar-refractivity contribution in [1.29, 1.82) is 0 Å². The van der Waals surface area contributed by atoms with Crippen LogP contribution in [0, 0.1) is 11.3 Å². The van der Waals surface area contributed by atoms with Crippen molar-refractivity contribution in [3.05, 3.63) is 0 Å². The molecule has 2 N–H and O–H groups in total. The Morgan fingerprint density at radius 2 is 2.12 bits per heavy atom. The highest BCUT2D eigenvalue weighted by Crippen LogP contribution is 2.49. The van der Waals surface area contributed by atoms with E-state index in [-0.39, 0.29) is 17.9 Å². The summed E-state index contributed by atoms with van der Waals surface area (Å²) in [6.07, 6.45) is 4.76. The van der Waals surface area contributed by atoms with Gasteiger partial charge in [0.25, 0.3) is 0 Å². The number of carboxylic acid groups (broad SMARTS) is 1. The van der Waals surface area contributed by atoms with E-state index in [2.05, 4.69) is 0 Å². The smallest absolute Gasteiger partial charge is 0.320 e. The first-order valence-corrected chi connectivity index (χ1v) is 6.17. The van der Waals surface area contributed by atoms with Gasteiger partial charge in [-0.05, 0) is 25.2 Å². The molecule has 2 fully saturated rings. The van der Waals surface area contributed by atoms with Gasteiger partial charge in [0, 0.05) is 25.6 Å². The van der Waals surface area contributed by atoms with Crippen LogP contribution in [0.25, 0.3) is 0 Å². The lowest BCUT2D eigenvalue weighted by molar-refractivity contribution is -0.142. The van der Waals surface area contributed by atoms with E-state index >= 15 is 0 Å². The molecule has 1 aliphatic heterocycles. The Hall–Kier alpha value is -0.610. The van der Waals surface area contributed by atoms with Crippen LogP contribution < -0.4 is 0 Å². The summed E-state index contributed by atoms with van der Waals surface area (Å²) < 4.78 is 0. The third kappa shape index (κ3) is 1.84. The average molecular weight is 227 g/mol. The fourth-order valence-corrected chi connectivity index (χ4v) is 3.42. The molecule has 1 heterocycles. The van der Waals surface area contributed by atoms with Gasteiger partial charge < -0.3 is 10.2 Å². The van der Waals surface area contributed by atoms with Crippen molar-refractivity contribution in [3.8, 4) is 0 Å². The molecule has 4 heteroatoms. The lowest BCUT2D eigenvalue weighted by Gasteiger charge is -2.29. The molecule has 1 aliphatic carbocycles. The van der Waals surface area contributed by atoms with Crippen molar-refractivity contribution >= 4 is 5.97 Å². The Morgan fingerprint density at radius 3 is 2.62 bits per heavy atom. The van der Waals surface area contributed by atoms with Crippen LogP contribution in [0.1, 0.15) is 32.6 Å². The van der Waals surface area contributed by atoms with E-state index in [1.165, 1.54) is 12.8 Å². The predicted molar refractivity (Wildman–Crippen MR) is 60.1 cm³/mol. The molecular weight excluding hydrogens is 206 g/mol. The van der Waals surface area contributed by atoms with Crippen LogP contribution >= 0.6 is 0 Å². The number of aliphatic hydroxyl groups excluding tert-OH is 1. The van der Waals surface area contributed by atoms with Crippen LogP contribution in [-0.2, 0) is 4.79 Å². The highest BCUT2D eigenvalue weighted by molar-refractivity contribution is 5.72. The number of hydrogen-bond acceptors (Lipinski definition) is 3. The van der Waals surface area contributed by atoms with Gasteiger partial charge in [0.05, 0.1) is 0 Å². The first-order valence-electron chi connectivity index (χ1n) is 6.17. The van der Waals surface area contributed by atoms with Gasteiger partial charge in [-0.2, -0.15) is 0 Å². The maximum atomic E-state index is 11.0. The molecule has 92 valence electrons. The molecule has 0 aromatic rings. The minimum absolute atomic E-state index is 0.197. The third-order valence-electron chi connectivity index (χ3n) is 4.56. The lowest BCUT2D eigenvalue weighted by atomic mass is 9.77. The van der Waals surface area contributed by atoms with Gasteiger partial charge in [-0.15, -0.1) is 0 Å². The fraction of sp³-hybridized carbons (Fsp3) is 0.917. The summed E-state index contributed by atoms with van der Waals surface area (Å²) >= 11 is 0. The summed E-state index contributed by atoms with van der Waals surface area (Å²) in [6, 6.07) is -0.422. The molecule has 0 radical (unpaired) electrons. The molecule has 0 aromatic heterocycles. The highest BCUT2D eigenvalue weighted by Gasteiger charge is 2.49. The summed E-state index contributed by atoms with van der Waals surface area (Å²) in [5, 5.41) is 18.5. The number of aliphatic hydroxyl groups is 1. The first kappa shape index (κ1) is 11.9. The second-order valence-corrected chi connectivity index (χ2v) is 5.39. The number of hydrogen-bond donors (Lipinski definition) is 2. The molecule has 0 aromatic carbocycles. The molecule has 0 amide bonds. The molecule has 2 atom stereocenters. The van der Waals surface area contributed by atoms with E-state index in [1.807, 2.05) is 4.90 Å². The Kier molecular flexibility index (Phi) is 3.22. The minimum Gasteiger partial charge on any atom is -0.480 e. The maximum absolute atomic E-state index is 11.0. The van der Waals surface area contributed by atoms with Crippen molar-refractivity contribution < 1.29 is 15.0 Å². The zero-order valence-corrected chi connectivity index (χ0v) is 9.85. The van der Waals surface area contributed by atoms with Gasteiger partial charge >= 0.3 is 5.97 Å². The van der Waals surface area contributed by atoms with E-state index in [0.717, 1.165) is 25.9 Å². The lowest BCUT2D eigenvalue weighted by Crippen LogP contribution is -2.38. The van der Waals surface area contributed by atoms with E-state index in [0.29, 0.717) is 0 Å². The molecule has 2 rings (SSSR count).